The number of nitrogens with one attached hydrogen (secondary N) is 1. The van der Waals surface area contributed by atoms with Crippen LogP contribution in [0.25, 0.3) is 0 Å². The Bertz CT molecular complexity index is 489. The van der Waals surface area contributed by atoms with E-state index in [0.717, 1.165) is 25.2 Å². The summed E-state index contributed by atoms with van der Waals surface area (Å²) in [6.45, 7) is 4.51. The summed E-state index contributed by atoms with van der Waals surface area (Å²) in [5, 5.41) is 11.7. The molecular formula is C15H19N3O. The minimum atomic E-state index is -0.142. The lowest BCUT2D eigenvalue weighted by Crippen LogP contribution is -2.40. The predicted octanol–water partition coefficient (Wildman–Crippen LogP) is 2.51. The van der Waals surface area contributed by atoms with Crippen molar-refractivity contribution >= 4 is 5.91 Å². The van der Waals surface area contributed by atoms with Crippen LogP contribution in [0.2, 0.25) is 0 Å². The van der Waals surface area contributed by atoms with Crippen LogP contribution in [0, 0.1) is 23.2 Å². The number of nitrogens with zero attached hydrogens (tertiary/aromatic N) is 2. The van der Waals surface area contributed by atoms with Crippen LogP contribution >= 0.6 is 0 Å². The van der Waals surface area contributed by atoms with Crippen molar-refractivity contribution in [3.05, 3.63) is 29.6 Å². The summed E-state index contributed by atoms with van der Waals surface area (Å²) in [6.07, 6.45) is 4.66. The van der Waals surface area contributed by atoms with Crippen molar-refractivity contribution in [1.82, 2.24) is 10.3 Å². The van der Waals surface area contributed by atoms with Crippen LogP contribution in [0.4, 0.5) is 0 Å². The van der Waals surface area contributed by atoms with Gasteiger partial charge in [0.25, 0.3) is 5.91 Å². The molecule has 3 unspecified atom stereocenters. The molecule has 4 nitrogen and oxygen atoms in total. The number of nitriles is 1. The van der Waals surface area contributed by atoms with E-state index in [9.17, 15) is 4.79 Å². The van der Waals surface area contributed by atoms with Gasteiger partial charge < -0.3 is 5.32 Å². The van der Waals surface area contributed by atoms with Gasteiger partial charge in [0.05, 0.1) is 5.56 Å². The molecule has 1 amide bonds. The SMILES string of the molecule is CC1CCC(NC(=O)c2ccc(C#N)cn2)CC1C. The van der Waals surface area contributed by atoms with Gasteiger partial charge >= 0.3 is 0 Å². The Labute approximate surface area is 113 Å². The Kier molecular flexibility index (Phi) is 4.16. The largest absolute Gasteiger partial charge is 0.348 e. The number of rotatable bonds is 2. The maximum atomic E-state index is 12.0. The van der Waals surface area contributed by atoms with Crippen LogP contribution in [-0.4, -0.2) is 16.9 Å². The van der Waals surface area contributed by atoms with Gasteiger partial charge in [0.2, 0.25) is 0 Å². The van der Waals surface area contributed by atoms with Crippen molar-refractivity contribution in [2.75, 3.05) is 0 Å². The summed E-state index contributed by atoms with van der Waals surface area (Å²) < 4.78 is 0. The Morgan fingerprint density at radius 1 is 1.37 bits per heavy atom. The quantitative estimate of drug-likeness (QED) is 0.885. The molecule has 0 aromatic carbocycles. The predicted molar refractivity (Wildman–Crippen MR) is 72.4 cm³/mol. The highest BCUT2D eigenvalue weighted by atomic mass is 16.1. The van der Waals surface area contributed by atoms with Gasteiger partial charge in [-0.25, -0.2) is 4.98 Å². The third-order valence-corrected chi connectivity index (χ3v) is 4.06. The third-order valence-electron chi connectivity index (χ3n) is 4.06. The summed E-state index contributed by atoms with van der Waals surface area (Å²) in [5.41, 5.74) is 0.849. The normalized spacial score (nSPS) is 26.5. The molecule has 1 saturated carbocycles. The monoisotopic (exact) mass is 257 g/mol. The number of hydrogen-bond acceptors (Lipinski definition) is 3. The highest BCUT2D eigenvalue weighted by Gasteiger charge is 2.25. The number of carbonyl (C=O) groups is 1. The summed E-state index contributed by atoms with van der Waals surface area (Å²) in [5.74, 6) is 1.24. The molecule has 0 spiro atoms. The van der Waals surface area contributed by atoms with Crippen LogP contribution in [0.15, 0.2) is 18.3 Å². The van der Waals surface area contributed by atoms with Crippen LogP contribution in [0.1, 0.15) is 49.2 Å². The maximum absolute atomic E-state index is 12.0. The van der Waals surface area contributed by atoms with Crippen LogP contribution < -0.4 is 5.32 Å². The fraction of sp³-hybridized carbons (Fsp3) is 0.533. The lowest BCUT2D eigenvalue weighted by atomic mass is 9.79. The second-order valence-electron chi connectivity index (χ2n) is 5.48. The standard InChI is InChI=1S/C15H19N3O/c1-10-3-5-13(7-11(10)2)18-15(19)14-6-4-12(8-16)9-17-14/h4,6,9-11,13H,3,5,7H2,1-2H3,(H,18,19). The first-order valence-electron chi connectivity index (χ1n) is 6.77. The molecule has 4 heteroatoms. The molecule has 19 heavy (non-hydrogen) atoms. The van der Waals surface area contributed by atoms with E-state index >= 15 is 0 Å². The van der Waals surface area contributed by atoms with Crippen molar-refractivity contribution in [3.63, 3.8) is 0 Å². The van der Waals surface area contributed by atoms with Crippen molar-refractivity contribution in [1.29, 1.82) is 5.26 Å². The molecule has 0 aliphatic heterocycles. The van der Waals surface area contributed by atoms with Crippen LogP contribution in [0.3, 0.4) is 0 Å². The molecule has 0 bridgehead atoms. The summed E-state index contributed by atoms with van der Waals surface area (Å²) in [6, 6.07) is 5.46. The number of carbonyl (C=O) groups excluding carboxylic acids is 1. The summed E-state index contributed by atoms with van der Waals surface area (Å²) >= 11 is 0. The zero-order valence-electron chi connectivity index (χ0n) is 11.4. The molecule has 0 radical (unpaired) electrons. The average Bonchev–Trinajstić information content (AvgIpc) is 2.43. The first-order chi connectivity index (χ1) is 9.10. The molecule has 0 saturated heterocycles. The maximum Gasteiger partial charge on any atom is 0.270 e. The highest BCUT2D eigenvalue weighted by Crippen LogP contribution is 2.29. The molecule has 1 fully saturated rings. The zero-order valence-corrected chi connectivity index (χ0v) is 11.4. The van der Waals surface area contributed by atoms with Gasteiger partial charge in [-0.2, -0.15) is 5.26 Å². The van der Waals surface area contributed by atoms with Crippen molar-refractivity contribution in [2.24, 2.45) is 11.8 Å². The number of hydrogen-bond donors (Lipinski definition) is 1. The average molecular weight is 257 g/mol. The smallest absolute Gasteiger partial charge is 0.270 e. The van der Waals surface area contributed by atoms with Gasteiger partial charge in [-0.15, -0.1) is 0 Å². The van der Waals surface area contributed by atoms with E-state index in [2.05, 4.69) is 24.1 Å². The first-order valence-corrected chi connectivity index (χ1v) is 6.77. The van der Waals surface area contributed by atoms with Crippen LogP contribution in [-0.2, 0) is 0 Å². The first kappa shape index (κ1) is 13.5. The number of pyridine rings is 1. The van der Waals surface area contributed by atoms with Crippen molar-refractivity contribution in [2.45, 2.75) is 39.2 Å². The van der Waals surface area contributed by atoms with E-state index in [4.69, 9.17) is 5.26 Å². The van der Waals surface area contributed by atoms with E-state index in [0.29, 0.717) is 17.2 Å². The number of aromatic nitrogens is 1. The minimum Gasteiger partial charge on any atom is -0.348 e. The highest BCUT2D eigenvalue weighted by molar-refractivity contribution is 5.92. The Morgan fingerprint density at radius 2 is 2.16 bits per heavy atom. The van der Waals surface area contributed by atoms with Gasteiger partial charge in [-0.05, 0) is 43.2 Å². The molecule has 100 valence electrons. The summed E-state index contributed by atoms with van der Waals surface area (Å²) in [7, 11) is 0. The molecule has 1 aliphatic rings. The Hall–Kier alpha value is -1.89. The summed E-state index contributed by atoms with van der Waals surface area (Å²) in [4.78, 5) is 16.1. The van der Waals surface area contributed by atoms with Gasteiger partial charge in [-0.1, -0.05) is 13.8 Å². The molecule has 1 N–H and O–H groups in total. The van der Waals surface area contributed by atoms with Gasteiger partial charge in [0, 0.05) is 12.2 Å². The molecule has 3 atom stereocenters. The molecular weight excluding hydrogens is 238 g/mol. The lowest BCUT2D eigenvalue weighted by Gasteiger charge is -2.32. The van der Waals surface area contributed by atoms with Gasteiger partial charge in [0.1, 0.15) is 11.8 Å². The molecule has 1 aromatic rings. The van der Waals surface area contributed by atoms with E-state index in [1.807, 2.05) is 6.07 Å². The van der Waals surface area contributed by atoms with Crippen molar-refractivity contribution < 1.29 is 4.79 Å². The molecule has 1 heterocycles. The van der Waals surface area contributed by atoms with Gasteiger partial charge in [-0.3, -0.25) is 4.79 Å². The Balaban J connectivity index is 1.95. The Morgan fingerprint density at radius 3 is 2.74 bits per heavy atom. The fourth-order valence-electron chi connectivity index (χ4n) is 2.53. The van der Waals surface area contributed by atoms with E-state index < -0.39 is 0 Å². The fourth-order valence-corrected chi connectivity index (χ4v) is 2.53. The second-order valence-corrected chi connectivity index (χ2v) is 5.48. The number of amides is 1. The van der Waals surface area contributed by atoms with Crippen molar-refractivity contribution in [3.8, 4) is 6.07 Å². The molecule has 1 aromatic heterocycles. The lowest BCUT2D eigenvalue weighted by molar-refractivity contribution is 0.0905. The van der Waals surface area contributed by atoms with E-state index in [-0.39, 0.29) is 11.9 Å². The topological polar surface area (TPSA) is 65.8 Å². The second kappa shape index (κ2) is 5.83. The molecule has 2 rings (SSSR count). The van der Waals surface area contributed by atoms with Gasteiger partial charge in [0.15, 0.2) is 0 Å². The van der Waals surface area contributed by atoms with E-state index in [1.54, 1.807) is 12.1 Å². The van der Waals surface area contributed by atoms with E-state index in [1.165, 1.54) is 6.20 Å². The third kappa shape index (κ3) is 3.31. The minimum absolute atomic E-state index is 0.142. The zero-order chi connectivity index (χ0) is 13.8. The van der Waals surface area contributed by atoms with Crippen LogP contribution in [0.5, 0.6) is 0 Å². The molecule has 1 aliphatic carbocycles.